The summed E-state index contributed by atoms with van der Waals surface area (Å²) >= 11 is 0. The number of carbonyl (C=O) groups excluding carboxylic acids is 1. The van der Waals surface area contributed by atoms with Crippen molar-refractivity contribution in [3.63, 3.8) is 0 Å². The van der Waals surface area contributed by atoms with E-state index in [2.05, 4.69) is 56.4 Å². The van der Waals surface area contributed by atoms with Crippen LogP contribution in [0.5, 0.6) is 0 Å². The van der Waals surface area contributed by atoms with Gasteiger partial charge in [0.1, 0.15) is 17.0 Å². The highest BCUT2D eigenvalue weighted by Gasteiger charge is 2.23. The fourth-order valence-electron chi connectivity index (χ4n) is 5.16. The van der Waals surface area contributed by atoms with E-state index in [0.29, 0.717) is 30.9 Å². The molecule has 2 aliphatic rings. The Morgan fingerprint density at radius 3 is 2.77 bits per heavy atom. The second kappa shape index (κ2) is 10.7. The number of nitrogens with one attached hydrogen (secondary N) is 1. The summed E-state index contributed by atoms with van der Waals surface area (Å²) in [6, 6.07) is 8.69. The fourth-order valence-corrected chi connectivity index (χ4v) is 5.16. The van der Waals surface area contributed by atoms with Gasteiger partial charge in [-0.3, -0.25) is 9.69 Å². The van der Waals surface area contributed by atoms with Gasteiger partial charge in [-0.1, -0.05) is 36.3 Å². The Morgan fingerprint density at radius 1 is 1.14 bits per heavy atom. The van der Waals surface area contributed by atoms with E-state index >= 15 is 0 Å². The van der Waals surface area contributed by atoms with Crippen molar-refractivity contribution in [2.45, 2.75) is 58.9 Å². The molecule has 2 aliphatic heterocycles. The van der Waals surface area contributed by atoms with E-state index in [4.69, 9.17) is 9.51 Å². The van der Waals surface area contributed by atoms with E-state index in [1.807, 2.05) is 6.92 Å². The van der Waals surface area contributed by atoms with Crippen molar-refractivity contribution in [2.24, 2.45) is 5.92 Å². The van der Waals surface area contributed by atoms with Gasteiger partial charge in [0.25, 0.3) is 5.71 Å². The zero-order valence-electron chi connectivity index (χ0n) is 20.9. The van der Waals surface area contributed by atoms with Crippen LogP contribution in [0.2, 0.25) is 0 Å². The lowest BCUT2D eigenvalue weighted by atomic mass is 9.99. The Kier molecular flexibility index (Phi) is 7.27. The van der Waals surface area contributed by atoms with Crippen LogP contribution in [0, 0.1) is 12.8 Å². The maximum atomic E-state index is 12.5. The third-order valence-corrected chi connectivity index (χ3v) is 7.38. The number of piperidine rings is 1. The molecular formula is C27H36N6O2. The predicted molar refractivity (Wildman–Crippen MR) is 136 cm³/mol. The predicted octanol–water partition coefficient (Wildman–Crippen LogP) is 3.66. The summed E-state index contributed by atoms with van der Waals surface area (Å²) in [5.74, 6) is 2.32. The molecule has 5 rings (SSSR count). The summed E-state index contributed by atoms with van der Waals surface area (Å²) in [6.45, 7) is 9.95. The molecule has 0 radical (unpaired) electrons. The van der Waals surface area contributed by atoms with E-state index < -0.39 is 0 Å². The molecule has 1 N–H and O–H groups in total. The molecule has 0 saturated carbocycles. The monoisotopic (exact) mass is 476 g/mol. The molecule has 3 aromatic rings. The summed E-state index contributed by atoms with van der Waals surface area (Å²) in [5.41, 5.74) is 4.23. The SMILES string of the molecule is Cc1noc2nc(CCC(=O)NCCCN3CCc4ccccc4C3)nc(N3CCC(C)CC3)c12. The number of rotatable bonds is 8. The lowest BCUT2D eigenvalue weighted by molar-refractivity contribution is -0.121. The topological polar surface area (TPSA) is 87.4 Å². The maximum Gasteiger partial charge on any atom is 0.263 e. The number of nitrogens with zero attached hydrogens (tertiary/aromatic N) is 5. The molecule has 186 valence electrons. The van der Waals surface area contributed by atoms with Crippen molar-refractivity contribution in [1.29, 1.82) is 0 Å². The molecule has 8 heteroatoms. The molecule has 2 aromatic heterocycles. The van der Waals surface area contributed by atoms with E-state index in [1.54, 1.807) is 0 Å². The number of aryl methyl sites for hydroxylation is 2. The van der Waals surface area contributed by atoms with Gasteiger partial charge >= 0.3 is 0 Å². The zero-order valence-corrected chi connectivity index (χ0v) is 20.9. The van der Waals surface area contributed by atoms with E-state index in [9.17, 15) is 4.79 Å². The first-order chi connectivity index (χ1) is 17.1. The van der Waals surface area contributed by atoms with Gasteiger partial charge in [0.15, 0.2) is 0 Å². The summed E-state index contributed by atoms with van der Waals surface area (Å²) in [5, 5.41) is 8.08. The van der Waals surface area contributed by atoms with Crippen molar-refractivity contribution >= 4 is 22.8 Å². The molecular weight excluding hydrogens is 440 g/mol. The number of fused-ring (bicyclic) bond motifs is 2. The first-order valence-electron chi connectivity index (χ1n) is 13.0. The average Bonchev–Trinajstić information content (AvgIpc) is 3.26. The normalized spacial score (nSPS) is 17.0. The summed E-state index contributed by atoms with van der Waals surface area (Å²) in [4.78, 5) is 26.7. The number of aromatic nitrogens is 3. The van der Waals surface area contributed by atoms with Crippen LogP contribution in [0.25, 0.3) is 11.1 Å². The highest BCUT2D eigenvalue weighted by Crippen LogP contribution is 2.30. The number of carbonyl (C=O) groups is 1. The lowest BCUT2D eigenvalue weighted by Crippen LogP contribution is -2.34. The van der Waals surface area contributed by atoms with Crippen LogP contribution >= 0.6 is 0 Å². The first-order valence-corrected chi connectivity index (χ1v) is 13.0. The molecule has 8 nitrogen and oxygen atoms in total. The van der Waals surface area contributed by atoms with Gasteiger partial charge in [-0.05, 0) is 49.7 Å². The molecule has 0 bridgehead atoms. The van der Waals surface area contributed by atoms with E-state index in [0.717, 1.165) is 81.2 Å². The van der Waals surface area contributed by atoms with Crippen molar-refractivity contribution in [3.05, 3.63) is 46.9 Å². The molecule has 1 amide bonds. The molecule has 0 spiro atoms. The van der Waals surface area contributed by atoms with Crippen LogP contribution in [0.1, 0.15) is 55.3 Å². The van der Waals surface area contributed by atoms with Crippen LogP contribution in [0.15, 0.2) is 28.8 Å². The third kappa shape index (κ3) is 5.64. The zero-order chi connectivity index (χ0) is 24.2. The van der Waals surface area contributed by atoms with Crippen molar-refractivity contribution in [2.75, 3.05) is 37.6 Å². The minimum absolute atomic E-state index is 0.0415. The van der Waals surface area contributed by atoms with Gasteiger partial charge in [0.05, 0.1) is 5.69 Å². The van der Waals surface area contributed by atoms with Gasteiger partial charge in [0.2, 0.25) is 5.91 Å². The molecule has 35 heavy (non-hydrogen) atoms. The Balaban J connectivity index is 1.11. The van der Waals surface area contributed by atoms with Gasteiger partial charge in [-0.15, -0.1) is 0 Å². The van der Waals surface area contributed by atoms with E-state index in [1.165, 1.54) is 11.1 Å². The second-order valence-corrected chi connectivity index (χ2v) is 10.1. The van der Waals surface area contributed by atoms with Crippen LogP contribution in [-0.4, -0.2) is 58.7 Å². The fraction of sp³-hybridized carbons (Fsp3) is 0.556. The molecule has 1 saturated heterocycles. The Labute approximate surface area is 207 Å². The molecule has 1 fully saturated rings. The van der Waals surface area contributed by atoms with Crippen molar-refractivity contribution < 1.29 is 9.32 Å². The quantitative estimate of drug-likeness (QED) is 0.497. The van der Waals surface area contributed by atoms with Crippen LogP contribution < -0.4 is 10.2 Å². The molecule has 4 heterocycles. The molecule has 0 aliphatic carbocycles. The summed E-state index contributed by atoms with van der Waals surface area (Å²) in [7, 11) is 0. The highest BCUT2D eigenvalue weighted by atomic mass is 16.5. The molecule has 0 unspecified atom stereocenters. The lowest BCUT2D eigenvalue weighted by Gasteiger charge is -2.31. The van der Waals surface area contributed by atoms with Gasteiger partial charge < -0.3 is 14.7 Å². The highest BCUT2D eigenvalue weighted by molar-refractivity contribution is 5.88. The number of hydrogen-bond donors (Lipinski definition) is 1. The minimum atomic E-state index is 0.0415. The Bertz CT molecular complexity index is 1170. The van der Waals surface area contributed by atoms with Gasteiger partial charge in [0, 0.05) is 52.1 Å². The number of benzene rings is 1. The van der Waals surface area contributed by atoms with Crippen LogP contribution in [-0.2, 0) is 24.2 Å². The smallest absolute Gasteiger partial charge is 0.263 e. The third-order valence-electron chi connectivity index (χ3n) is 7.38. The standard InChI is InChI=1S/C27H36N6O2/c1-19-10-16-33(17-11-19)26-25-20(2)31-35-27(25)30-23(29-26)8-9-24(34)28-13-5-14-32-15-12-21-6-3-4-7-22(21)18-32/h3-4,6-7,19H,5,8-18H2,1-2H3,(H,28,34). The molecule has 1 aromatic carbocycles. The summed E-state index contributed by atoms with van der Waals surface area (Å²) in [6.07, 6.45) is 5.21. The van der Waals surface area contributed by atoms with Crippen LogP contribution in [0.3, 0.4) is 0 Å². The first kappa shape index (κ1) is 23.7. The van der Waals surface area contributed by atoms with Crippen LogP contribution in [0.4, 0.5) is 5.82 Å². The second-order valence-electron chi connectivity index (χ2n) is 10.1. The molecule has 0 atom stereocenters. The van der Waals surface area contributed by atoms with Gasteiger partial charge in [-0.2, -0.15) is 4.98 Å². The Hall–Kier alpha value is -3.00. The minimum Gasteiger partial charge on any atom is -0.356 e. The number of hydrogen-bond acceptors (Lipinski definition) is 7. The average molecular weight is 477 g/mol. The maximum absolute atomic E-state index is 12.5. The van der Waals surface area contributed by atoms with Crippen molar-refractivity contribution in [3.8, 4) is 0 Å². The van der Waals surface area contributed by atoms with E-state index in [-0.39, 0.29) is 5.91 Å². The number of anilines is 1. The number of amides is 1. The van der Waals surface area contributed by atoms with Gasteiger partial charge in [-0.25, -0.2) is 4.98 Å². The summed E-state index contributed by atoms with van der Waals surface area (Å²) < 4.78 is 5.47. The largest absolute Gasteiger partial charge is 0.356 e. The van der Waals surface area contributed by atoms with Crippen molar-refractivity contribution in [1.82, 2.24) is 25.3 Å². The Morgan fingerprint density at radius 2 is 1.94 bits per heavy atom.